The third-order valence-corrected chi connectivity index (χ3v) is 5.36. The van der Waals surface area contributed by atoms with Crippen LogP contribution in [0, 0.1) is 11.7 Å². The van der Waals surface area contributed by atoms with E-state index in [0.717, 1.165) is 31.2 Å². The molecule has 3 rings (SSSR count). The van der Waals surface area contributed by atoms with Crippen LogP contribution in [-0.2, 0) is 5.60 Å². The van der Waals surface area contributed by atoms with Gasteiger partial charge in [-0.05, 0) is 50.2 Å². The topological polar surface area (TPSA) is 23.5 Å². The second-order valence-corrected chi connectivity index (χ2v) is 7.10. The molecule has 3 atom stereocenters. The van der Waals surface area contributed by atoms with Gasteiger partial charge in [0.25, 0.3) is 0 Å². The highest BCUT2D eigenvalue weighted by Gasteiger charge is 2.45. The molecule has 0 radical (unpaired) electrons. The summed E-state index contributed by atoms with van der Waals surface area (Å²) in [7, 11) is 4.13. The van der Waals surface area contributed by atoms with Gasteiger partial charge in [0.2, 0.25) is 0 Å². The number of halogens is 1. The van der Waals surface area contributed by atoms with Crippen LogP contribution in [0.25, 0.3) is 0 Å². The number of nitrogens with zero attached hydrogens (tertiary/aromatic N) is 1. The fraction of sp³-hybridized carbons (Fsp3) is 0.429. The Morgan fingerprint density at radius 3 is 2.33 bits per heavy atom. The Bertz CT molecular complexity index is 655. The lowest BCUT2D eigenvalue weighted by atomic mass is 9.67. The molecule has 2 aromatic rings. The van der Waals surface area contributed by atoms with Gasteiger partial charge in [-0.2, -0.15) is 0 Å². The molecule has 0 spiro atoms. The Morgan fingerprint density at radius 2 is 1.71 bits per heavy atom. The van der Waals surface area contributed by atoms with E-state index in [-0.39, 0.29) is 17.8 Å². The molecule has 1 aliphatic carbocycles. The van der Waals surface area contributed by atoms with Crippen LogP contribution in [0.1, 0.15) is 42.9 Å². The molecule has 0 saturated heterocycles. The number of benzene rings is 2. The number of hydrogen-bond donors (Lipinski definition) is 1. The molecule has 2 aromatic carbocycles. The summed E-state index contributed by atoms with van der Waals surface area (Å²) in [5.41, 5.74) is 1.13. The summed E-state index contributed by atoms with van der Waals surface area (Å²) in [5, 5.41) is 11.6. The standard InChI is InChI=1S/C21H26FNO/c1-23(2)20(16-8-4-3-5-9-16)19-10-6-7-15-21(19,24)17-11-13-18(22)14-12-17/h3-5,8-9,11-14,19-20,24H,6-7,10,15H2,1-2H3. The summed E-state index contributed by atoms with van der Waals surface area (Å²) in [6.07, 6.45) is 3.80. The lowest BCUT2D eigenvalue weighted by molar-refractivity contribution is -0.0838. The first-order chi connectivity index (χ1) is 11.5. The van der Waals surface area contributed by atoms with Crippen molar-refractivity contribution in [2.75, 3.05) is 14.1 Å². The van der Waals surface area contributed by atoms with Crippen LogP contribution in [0.5, 0.6) is 0 Å². The third kappa shape index (κ3) is 3.24. The van der Waals surface area contributed by atoms with Gasteiger partial charge in [0.05, 0.1) is 5.60 Å². The Labute approximate surface area is 143 Å². The van der Waals surface area contributed by atoms with Crippen LogP contribution in [-0.4, -0.2) is 24.1 Å². The van der Waals surface area contributed by atoms with Crippen molar-refractivity contribution in [2.24, 2.45) is 5.92 Å². The van der Waals surface area contributed by atoms with E-state index in [9.17, 15) is 9.50 Å². The maximum Gasteiger partial charge on any atom is 0.123 e. The van der Waals surface area contributed by atoms with Gasteiger partial charge >= 0.3 is 0 Å². The van der Waals surface area contributed by atoms with Crippen LogP contribution < -0.4 is 0 Å². The average Bonchev–Trinajstić information content (AvgIpc) is 2.58. The summed E-state index contributed by atoms with van der Waals surface area (Å²) >= 11 is 0. The molecule has 128 valence electrons. The Balaban J connectivity index is 2.03. The van der Waals surface area contributed by atoms with Crippen LogP contribution >= 0.6 is 0 Å². The molecular formula is C21H26FNO. The first-order valence-electron chi connectivity index (χ1n) is 8.72. The van der Waals surface area contributed by atoms with E-state index in [1.165, 1.54) is 17.7 Å². The minimum absolute atomic E-state index is 0.0779. The van der Waals surface area contributed by atoms with E-state index in [4.69, 9.17) is 0 Å². The average molecular weight is 327 g/mol. The normalized spacial score (nSPS) is 25.6. The smallest absolute Gasteiger partial charge is 0.123 e. The molecule has 2 nitrogen and oxygen atoms in total. The Hall–Kier alpha value is -1.71. The van der Waals surface area contributed by atoms with Crippen LogP contribution in [0.4, 0.5) is 4.39 Å². The fourth-order valence-corrected chi connectivity index (χ4v) is 4.24. The van der Waals surface area contributed by atoms with Crippen molar-refractivity contribution in [1.29, 1.82) is 0 Å². The van der Waals surface area contributed by atoms with E-state index >= 15 is 0 Å². The van der Waals surface area contributed by atoms with Crippen LogP contribution in [0.3, 0.4) is 0 Å². The second-order valence-electron chi connectivity index (χ2n) is 7.10. The van der Waals surface area contributed by atoms with Crippen molar-refractivity contribution >= 4 is 0 Å². The largest absolute Gasteiger partial charge is 0.385 e. The molecule has 0 aliphatic heterocycles. The van der Waals surface area contributed by atoms with Gasteiger partial charge < -0.3 is 10.0 Å². The molecule has 0 heterocycles. The van der Waals surface area contributed by atoms with Crippen molar-refractivity contribution in [3.05, 3.63) is 71.5 Å². The summed E-state index contributed by atoms with van der Waals surface area (Å²) in [6.45, 7) is 0. The van der Waals surface area contributed by atoms with E-state index in [2.05, 4.69) is 31.1 Å². The molecule has 0 bridgehead atoms. The first-order valence-corrected chi connectivity index (χ1v) is 8.72. The number of rotatable bonds is 4. The second kappa shape index (κ2) is 7.04. The molecule has 1 aliphatic rings. The Kier molecular flexibility index (Phi) is 5.02. The van der Waals surface area contributed by atoms with E-state index in [0.29, 0.717) is 0 Å². The summed E-state index contributed by atoms with van der Waals surface area (Å²) in [6, 6.07) is 16.9. The molecule has 1 saturated carbocycles. The summed E-state index contributed by atoms with van der Waals surface area (Å²) < 4.78 is 13.3. The maximum absolute atomic E-state index is 13.3. The zero-order valence-electron chi connectivity index (χ0n) is 14.5. The quantitative estimate of drug-likeness (QED) is 0.893. The highest BCUT2D eigenvalue weighted by atomic mass is 19.1. The lowest BCUT2D eigenvalue weighted by Crippen LogP contribution is -2.45. The highest BCUT2D eigenvalue weighted by Crippen LogP contribution is 2.48. The van der Waals surface area contributed by atoms with Crippen LogP contribution in [0.2, 0.25) is 0 Å². The molecule has 3 heteroatoms. The fourth-order valence-electron chi connectivity index (χ4n) is 4.24. The lowest BCUT2D eigenvalue weighted by Gasteiger charge is -2.46. The number of hydrogen-bond acceptors (Lipinski definition) is 2. The Morgan fingerprint density at radius 1 is 1.04 bits per heavy atom. The third-order valence-electron chi connectivity index (χ3n) is 5.36. The minimum Gasteiger partial charge on any atom is -0.385 e. The zero-order valence-corrected chi connectivity index (χ0v) is 14.5. The molecule has 1 N–H and O–H groups in total. The van der Waals surface area contributed by atoms with Gasteiger partial charge in [-0.3, -0.25) is 0 Å². The predicted molar refractivity (Wildman–Crippen MR) is 95.1 cm³/mol. The summed E-state index contributed by atoms with van der Waals surface area (Å²) in [5.74, 6) is -0.184. The van der Waals surface area contributed by atoms with Crippen LogP contribution in [0.15, 0.2) is 54.6 Å². The van der Waals surface area contributed by atoms with Crippen molar-refractivity contribution in [2.45, 2.75) is 37.3 Å². The van der Waals surface area contributed by atoms with E-state index in [1.54, 1.807) is 12.1 Å². The van der Waals surface area contributed by atoms with Gasteiger partial charge in [0.1, 0.15) is 5.82 Å². The van der Waals surface area contributed by atoms with Crippen molar-refractivity contribution < 1.29 is 9.50 Å². The molecular weight excluding hydrogens is 301 g/mol. The van der Waals surface area contributed by atoms with Crippen molar-refractivity contribution in [1.82, 2.24) is 4.90 Å². The SMILES string of the molecule is CN(C)C(c1ccccc1)C1CCCCC1(O)c1ccc(F)cc1. The monoisotopic (exact) mass is 327 g/mol. The maximum atomic E-state index is 13.3. The van der Waals surface area contributed by atoms with Gasteiger partial charge in [-0.25, -0.2) is 4.39 Å². The first kappa shape index (κ1) is 17.1. The molecule has 0 amide bonds. The molecule has 1 fully saturated rings. The summed E-state index contributed by atoms with van der Waals surface area (Å²) in [4.78, 5) is 2.19. The van der Waals surface area contributed by atoms with Crippen molar-refractivity contribution in [3.8, 4) is 0 Å². The van der Waals surface area contributed by atoms with Gasteiger partial charge in [-0.1, -0.05) is 55.3 Å². The van der Waals surface area contributed by atoms with E-state index in [1.807, 2.05) is 18.2 Å². The molecule has 3 unspecified atom stereocenters. The van der Waals surface area contributed by atoms with Gasteiger partial charge in [0.15, 0.2) is 0 Å². The van der Waals surface area contributed by atoms with Crippen molar-refractivity contribution in [3.63, 3.8) is 0 Å². The molecule has 24 heavy (non-hydrogen) atoms. The zero-order chi connectivity index (χ0) is 17.2. The van der Waals surface area contributed by atoms with Gasteiger partial charge in [0, 0.05) is 12.0 Å². The van der Waals surface area contributed by atoms with Gasteiger partial charge in [-0.15, -0.1) is 0 Å². The highest BCUT2D eigenvalue weighted by molar-refractivity contribution is 5.28. The number of aliphatic hydroxyl groups is 1. The van der Waals surface area contributed by atoms with E-state index < -0.39 is 5.60 Å². The molecule has 0 aromatic heterocycles. The minimum atomic E-state index is -0.920. The predicted octanol–water partition coefficient (Wildman–Crippen LogP) is 4.51.